The van der Waals surface area contributed by atoms with Crippen LogP contribution in [-0.4, -0.2) is 54.3 Å². The number of primary amides is 1. The van der Waals surface area contributed by atoms with Crippen molar-refractivity contribution < 1.29 is 9.59 Å². The summed E-state index contributed by atoms with van der Waals surface area (Å²) in [5.74, 6) is -0.653. The van der Waals surface area contributed by atoms with Gasteiger partial charge in [-0.05, 0) is 25.1 Å². The molecule has 0 spiro atoms. The normalized spacial score (nSPS) is 16.0. The van der Waals surface area contributed by atoms with Crippen LogP contribution in [0.1, 0.15) is 40.5 Å². The molecule has 2 rings (SSSR count). The predicted molar refractivity (Wildman–Crippen MR) is 82.2 cm³/mol. The van der Waals surface area contributed by atoms with Crippen molar-refractivity contribution in [3.05, 3.63) is 35.4 Å². The molecule has 1 aliphatic rings. The Hall–Kier alpha value is -1.88. The van der Waals surface area contributed by atoms with Crippen LogP contribution in [0.5, 0.6) is 0 Å². The number of amides is 2. The minimum Gasteiger partial charge on any atom is -0.366 e. The SMILES string of the molecule is CCCCN1CCN(C(=O)c2ccccc2C(N)=O)CC1. The fraction of sp³-hybridized carbons (Fsp3) is 0.500. The lowest BCUT2D eigenvalue weighted by molar-refractivity contribution is 0.0632. The number of carbonyl (C=O) groups is 2. The monoisotopic (exact) mass is 289 g/mol. The fourth-order valence-electron chi connectivity index (χ4n) is 2.61. The molecular formula is C16H23N3O2. The topological polar surface area (TPSA) is 66.6 Å². The molecule has 1 aromatic rings. The third kappa shape index (κ3) is 3.82. The van der Waals surface area contributed by atoms with Crippen molar-refractivity contribution in [2.75, 3.05) is 32.7 Å². The number of nitrogens with two attached hydrogens (primary N) is 1. The molecular weight excluding hydrogens is 266 g/mol. The standard InChI is InChI=1S/C16H23N3O2/c1-2-3-8-18-9-11-19(12-10-18)16(21)14-7-5-4-6-13(14)15(17)20/h4-7H,2-3,8-12H2,1H3,(H2,17,20). The van der Waals surface area contributed by atoms with Crippen molar-refractivity contribution in [1.29, 1.82) is 0 Å². The fourth-order valence-corrected chi connectivity index (χ4v) is 2.61. The molecule has 1 fully saturated rings. The second kappa shape index (κ2) is 7.22. The first-order valence-corrected chi connectivity index (χ1v) is 7.54. The van der Waals surface area contributed by atoms with Crippen LogP contribution in [0.2, 0.25) is 0 Å². The van der Waals surface area contributed by atoms with Gasteiger partial charge in [-0.1, -0.05) is 25.5 Å². The zero-order valence-electron chi connectivity index (χ0n) is 12.5. The van der Waals surface area contributed by atoms with E-state index in [0.29, 0.717) is 24.2 Å². The van der Waals surface area contributed by atoms with Crippen LogP contribution < -0.4 is 5.73 Å². The Bertz CT molecular complexity index is 508. The number of rotatable bonds is 5. The largest absolute Gasteiger partial charge is 0.366 e. The van der Waals surface area contributed by atoms with Gasteiger partial charge in [-0.3, -0.25) is 14.5 Å². The molecule has 0 aromatic heterocycles. The van der Waals surface area contributed by atoms with E-state index in [9.17, 15) is 9.59 Å². The lowest BCUT2D eigenvalue weighted by atomic mass is 10.1. The van der Waals surface area contributed by atoms with Gasteiger partial charge < -0.3 is 10.6 Å². The Morgan fingerprint density at radius 1 is 1.10 bits per heavy atom. The molecule has 0 bridgehead atoms. The second-order valence-corrected chi connectivity index (χ2v) is 5.40. The second-order valence-electron chi connectivity index (χ2n) is 5.40. The van der Waals surface area contributed by atoms with E-state index in [0.717, 1.165) is 19.6 Å². The van der Waals surface area contributed by atoms with Crippen molar-refractivity contribution in [2.24, 2.45) is 5.73 Å². The van der Waals surface area contributed by atoms with Crippen LogP contribution in [0.3, 0.4) is 0 Å². The molecule has 0 atom stereocenters. The maximum atomic E-state index is 12.5. The maximum absolute atomic E-state index is 12.5. The summed E-state index contributed by atoms with van der Waals surface area (Å²) in [6.07, 6.45) is 2.38. The van der Waals surface area contributed by atoms with Gasteiger partial charge in [0.15, 0.2) is 0 Å². The van der Waals surface area contributed by atoms with Crippen LogP contribution in [0, 0.1) is 0 Å². The third-order valence-corrected chi connectivity index (χ3v) is 3.91. The van der Waals surface area contributed by atoms with Gasteiger partial charge in [0, 0.05) is 26.2 Å². The molecule has 1 aromatic carbocycles. The van der Waals surface area contributed by atoms with Gasteiger partial charge in [-0.2, -0.15) is 0 Å². The summed E-state index contributed by atoms with van der Waals surface area (Å²) in [6.45, 7) is 6.47. The lowest BCUT2D eigenvalue weighted by Crippen LogP contribution is -2.49. The first-order valence-electron chi connectivity index (χ1n) is 7.54. The summed E-state index contributed by atoms with van der Waals surface area (Å²) >= 11 is 0. The summed E-state index contributed by atoms with van der Waals surface area (Å²) in [7, 11) is 0. The van der Waals surface area contributed by atoms with Crippen LogP contribution in [0.4, 0.5) is 0 Å². The number of carbonyl (C=O) groups excluding carboxylic acids is 2. The Labute approximate surface area is 125 Å². The molecule has 0 saturated carbocycles. The van der Waals surface area contributed by atoms with Crippen LogP contribution >= 0.6 is 0 Å². The quantitative estimate of drug-likeness (QED) is 0.889. The number of benzene rings is 1. The van der Waals surface area contributed by atoms with Crippen molar-refractivity contribution in [1.82, 2.24) is 9.80 Å². The molecule has 0 radical (unpaired) electrons. The highest BCUT2D eigenvalue weighted by atomic mass is 16.2. The maximum Gasteiger partial charge on any atom is 0.254 e. The van der Waals surface area contributed by atoms with Crippen LogP contribution in [0.15, 0.2) is 24.3 Å². The lowest BCUT2D eigenvalue weighted by Gasteiger charge is -2.35. The highest BCUT2D eigenvalue weighted by Crippen LogP contribution is 2.13. The number of hydrogen-bond acceptors (Lipinski definition) is 3. The number of piperazine rings is 1. The Balaban J connectivity index is 2.01. The summed E-state index contributed by atoms with van der Waals surface area (Å²) in [5.41, 5.74) is 6.05. The van der Waals surface area contributed by atoms with Gasteiger partial charge >= 0.3 is 0 Å². The minimum absolute atomic E-state index is 0.0976. The molecule has 1 saturated heterocycles. The van der Waals surface area contributed by atoms with Gasteiger partial charge in [0.25, 0.3) is 5.91 Å². The molecule has 21 heavy (non-hydrogen) atoms. The molecule has 114 valence electrons. The molecule has 5 nitrogen and oxygen atoms in total. The third-order valence-electron chi connectivity index (χ3n) is 3.91. The smallest absolute Gasteiger partial charge is 0.254 e. The van der Waals surface area contributed by atoms with Crippen molar-refractivity contribution in [2.45, 2.75) is 19.8 Å². The Kier molecular flexibility index (Phi) is 5.33. The van der Waals surface area contributed by atoms with E-state index in [1.807, 2.05) is 4.90 Å². The van der Waals surface area contributed by atoms with E-state index in [4.69, 9.17) is 5.73 Å². The zero-order chi connectivity index (χ0) is 15.2. The van der Waals surface area contributed by atoms with E-state index in [-0.39, 0.29) is 5.91 Å². The van der Waals surface area contributed by atoms with Crippen molar-refractivity contribution in [3.63, 3.8) is 0 Å². The molecule has 2 amide bonds. The van der Waals surface area contributed by atoms with Crippen LogP contribution in [-0.2, 0) is 0 Å². The van der Waals surface area contributed by atoms with Crippen molar-refractivity contribution >= 4 is 11.8 Å². The Morgan fingerprint density at radius 3 is 2.29 bits per heavy atom. The zero-order valence-corrected chi connectivity index (χ0v) is 12.5. The highest BCUT2D eigenvalue weighted by Gasteiger charge is 2.24. The van der Waals surface area contributed by atoms with Gasteiger partial charge in [0.2, 0.25) is 5.91 Å². The minimum atomic E-state index is -0.555. The summed E-state index contributed by atoms with van der Waals surface area (Å²) in [4.78, 5) is 28.2. The molecule has 5 heteroatoms. The number of nitrogens with zero attached hydrogens (tertiary/aromatic N) is 2. The van der Waals surface area contributed by atoms with E-state index in [1.54, 1.807) is 24.3 Å². The van der Waals surface area contributed by atoms with Crippen LogP contribution in [0.25, 0.3) is 0 Å². The number of hydrogen-bond donors (Lipinski definition) is 1. The average Bonchev–Trinajstić information content (AvgIpc) is 2.52. The summed E-state index contributed by atoms with van der Waals surface area (Å²) < 4.78 is 0. The average molecular weight is 289 g/mol. The van der Waals surface area contributed by atoms with E-state index in [1.165, 1.54) is 12.8 Å². The van der Waals surface area contributed by atoms with Gasteiger partial charge in [-0.15, -0.1) is 0 Å². The van der Waals surface area contributed by atoms with Gasteiger partial charge in [0.05, 0.1) is 11.1 Å². The molecule has 0 aliphatic carbocycles. The first kappa shape index (κ1) is 15.5. The number of unbranched alkanes of at least 4 members (excludes halogenated alkanes) is 1. The van der Waals surface area contributed by atoms with Gasteiger partial charge in [0.1, 0.15) is 0 Å². The highest BCUT2D eigenvalue weighted by molar-refractivity contribution is 6.06. The van der Waals surface area contributed by atoms with Crippen molar-refractivity contribution in [3.8, 4) is 0 Å². The summed E-state index contributed by atoms with van der Waals surface area (Å²) in [6, 6.07) is 6.76. The molecule has 2 N–H and O–H groups in total. The molecule has 1 aliphatic heterocycles. The van der Waals surface area contributed by atoms with E-state index in [2.05, 4.69) is 11.8 Å². The van der Waals surface area contributed by atoms with E-state index >= 15 is 0 Å². The Morgan fingerprint density at radius 2 is 1.71 bits per heavy atom. The first-order chi connectivity index (χ1) is 10.1. The van der Waals surface area contributed by atoms with E-state index < -0.39 is 5.91 Å². The molecule has 0 unspecified atom stereocenters. The predicted octanol–water partition coefficient (Wildman–Crippen LogP) is 1.34. The molecule has 1 heterocycles. The summed E-state index contributed by atoms with van der Waals surface area (Å²) in [5, 5.41) is 0. The van der Waals surface area contributed by atoms with Gasteiger partial charge in [-0.25, -0.2) is 0 Å².